The van der Waals surface area contributed by atoms with Crippen molar-refractivity contribution in [2.24, 2.45) is 23.5 Å². The van der Waals surface area contributed by atoms with Gasteiger partial charge < -0.3 is 10.2 Å². The highest BCUT2D eigenvalue weighted by atomic mass is 16.3. The van der Waals surface area contributed by atoms with E-state index in [-0.39, 0.29) is 0 Å². The molecule has 0 atom stereocenters. The number of hydrogen-bond acceptors (Lipinski definition) is 2. The van der Waals surface area contributed by atoms with E-state index in [1.54, 1.807) is 0 Å². The predicted molar refractivity (Wildman–Crippen MR) is 66.4 cm³/mol. The molecule has 1 heterocycles. The van der Waals surface area contributed by atoms with Crippen LogP contribution in [0.25, 0.3) is 0 Å². The van der Waals surface area contributed by atoms with E-state index in [1.807, 2.05) is 6.26 Å². The second-order valence-corrected chi connectivity index (χ2v) is 6.66. The second-order valence-electron chi connectivity index (χ2n) is 6.66. The van der Waals surface area contributed by atoms with E-state index in [1.165, 1.54) is 44.1 Å². The predicted octanol–water partition coefficient (Wildman–Crippen LogP) is 3.21. The van der Waals surface area contributed by atoms with Crippen LogP contribution in [0.4, 0.5) is 0 Å². The molecule has 2 heteroatoms. The Bertz CT molecular complexity index is 399. The van der Waals surface area contributed by atoms with E-state index < -0.39 is 0 Å². The van der Waals surface area contributed by atoms with Crippen molar-refractivity contribution < 1.29 is 4.42 Å². The fourth-order valence-electron chi connectivity index (χ4n) is 5.41. The Hall–Kier alpha value is -0.760. The standard InChI is InChI=1S/C15H21NO/c16-9-14-13(1-2-17-14)15-6-10-3-11(7-15)5-12(4-10)8-15/h1-2,10-12H,3-9,16H2. The van der Waals surface area contributed by atoms with Crippen molar-refractivity contribution in [2.45, 2.75) is 50.5 Å². The van der Waals surface area contributed by atoms with Crippen LogP contribution in [-0.2, 0) is 12.0 Å². The lowest BCUT2D eigenvalue weighted by atomic mass is 9.48. The van der Waals surface area contributed by atoms with Gasteiger partial charge in [-0.15, -0.1) is 0 Å². The first-order chi connectivity index (χ1) is 8.29. The van der Waals surface area contributed by atoms with Crippen LogP contribution >= 0.6 is 0 Å². The second kappa shape index (κ2) is 3.38. The molecule has 0 radical (unpaired) electrons. The molecular formula is C15H21NO. The van der Waals surface area contributed by atoms with E-state index in [9.17, 15) is 0 Å². The van der Waals surface area contributed by atoms with Gasteiger partial charge in [0.25, 0.3) is 0 Å². The average molecular weight is 231 g/mol. The zero-order chi connectivity index (χ0) is 11.5. The molecule has 0 saturated heterocycles. The molecule has 4 bridgehead atoms. The Morgan fingerprint density at radius 3 is 2.24 bits per heavy atom. The van der Waals surface area contributed by atoms with Crippen molar-refractivity contribution in [3.05, 3.63) is 23.7 Å². The number of furan rings is 1. The van der Waals surface area contributed by atoms with Gasteiger partial charge in [0.15, 0.2) is 0 Å². The average Bonchev–Trinajstić information content (AvgIpc) is 2.75. The monoisotopic (exact) mass is 231 g/mol. The summed E-state index contributed by atoms with van der Waals surface area (Å²) < 4.78 is 5.58. The first-order valence-corrected chi connectivity index (χ1v) is 7.06. The minimum absolute atomic E-state index is 0.441. The molecule has 0 spiro atoms. The molecule has 0 aliphatic heterocycles. The Morgan fingerprint density at radius 2 is 1.71 bits per heavy atom. The maximum Gasteiger partial charge on any atom is 0.121 e. The SMILES string of the molecule is NCc1occc1C12CC3CC(CC(C3)C1)C2. The highest BCUT2D eigenvalue weighted by molar-refractivity contribution is 5.31. The summed E-state index contributed by atoms with van der Waals surface area (Å²) in [5.74, 6) is 4.01. The Balaban J connectivity index is 1.77. The summed E-state index contributed by atoms with van der Waals surface area (Å²) in [6, 6.07) is 2.20. The lowest BCUT2D eigenvalue weighted by Gasteiger charge is -2.57. The topological polar surface area (TPSA) is 39.2 Å². The third-order valence-corrected chi connectivity index (χ3v) is 5.54. The molecule has 17 heavy (non-hydrogen) atoms. The van der Waals surface area contributed by atoms with Gasteiger partial charge in [0.1, 0.15) is 5.76 Å². The van der Waals surface area contributed by atoms with Crippen molar-refractivity contribution in [2.75, 3.05) is 0 Å². The van der Waals surface area contributed by atoms with Gasteiger partial charge in [0.05, 0.1) is 12.8 Å². The molecule has 2 nitrogen and oxygen atoms in total. The van der Waals surface area contributed by atoms with E-state index in [4.69, 9.17) is 10.2 Å². The van der Waals surface area contributed by atoms with Gasteiger partial charge in [-0.2, -0.15) is 0 Å². The molecule has 0 amide bonds. The fraction of sp³-hybridized carbons (Fsp3) is 0.733. The van der Waals surface area contributed by atoms with Gasteiger partial charge >= 0.3 is 0 Å². The molecule has 4 aliphatic rings. The van der Waals surface area contributed by atoms with E-state index in [0.717, 1.165) is 23.5 Å². The zero-order valence-corrected chi connectivity index (χ0v) is 10.3. The van der Waals surface area contributed by atoms with Crippen molar-refractivity contribution in [3.63, 3.8) is 0 Å². The van der Waals surface area contributed by atoms with Crippen LogP contribution in [0.3, 0.4) is 0 Å². The van der Waals surface area contributed by atoms with Crippen LogP contribution in [0.15, 0.2) is 16.7 Å². The van der Waals surface area contributed by atoms with Crippen LogP contribution in [0.2, 0.25) is 0 Å². The molecular weight excluding hydrogens is 210 g/mol. The maximum atomic E-state index is 5.82. The van der Waals surface area contributed by atoms with Gasteiger partial charge in [-0.1, -0.05) is 0 Å². The Kier molecular flexibility index (Phi) is 2.03. The molecule has 0 aromatic carbocycles. The molecule has 92 valence electrons. The minimum atomic E-state index is 0.441. The Labute approximate surface area is 103 Å². The summed E-state index contributed by atoms with van der Waals surface area (Å²) in [5.41, 5.74) is 7.72. The summed E-state index contributed by atoms with van der Waals surface area (Å²) in [6.45, 7) is 0.560. The molecule has 5 rings (SSSR count). The van der Waals surface area contributed by atoms with Crippen LogP contribution in [-0.4, -0.2) is 0 Å². The van der Waals surface area contributed by atoms with Gasteiger partial charge in [-0.25, -0.2) is 0 Å². The summed E-state index contributed by atoms with van der Waals surface area (Å²) in [4.78, 5) is 0. The summed E-state index contributed by atoms with van der Waals surface area (Å²) in [6.07, 6.45) is 10.5. The Morgan fingerprint density at radius 1 is 1.12 bits per heavy atom. The van der Waals surface area contributed by atoms with Gasteiger partial charge in [0.2, 0.25) is 0 Å². The fourth-order valence-corrected chi connectivity index (χ4v) is 5.41. The normalized spacial score (nSPS) is 43.2. The third-order valence-electron chi connectivity index (χ3n) is 5.54. The quantitative estimate of drug-likeness (QED) is 0.849. The number of hydrogen-bond donors (Lipinski definition) is 1. The first kappa shape index (κ1) is 10.2. The van der Waals surface area contributed by atoms with E-state index in [0.29, 0.717) is 12.0 Å². The van der Waals surface area contributed by atoms with Gasteiger partial charge in [-0.05, 0) is 67.8 Å². The van der Waals surface area contributed by atoms with Crippen LogP contribution in [0, 0.1) is 17.8 Å². The number of nitrogens with two attached hydrogens (primary N) is 1. The van der Waals surface area contributed by atoms with Crippen molar-refractivity contribution in [1.29, 1.82) is 0 Å². The lowest BCUT2D eigenvalue weighted by molar-refractivity contribution is -0.00594. The largest absolute Gasteiger partial charge is 0.468 e. The third kappa shape index (κ3) is 1.36. The minimum Gasteiger partial charge on any atom is -0.468 e. The summed E-state index contributed by atoms with van der Waals surface area (Å²) in [5, 5.41) is 0. The van der Waals surface area contributed by atoms with E-state index >= 15 is 0 Å². The lowest BCUT2D eigenvalue weighted by Crippen LogP contribution is -2.48. The van der Waals surface area contributed by atoms with Crippen molar-refractivity contribution in [1.82, 2.24) is 0 Å². The van der Waals surface area contributed by atoms with Crippen LogP contribution < -0.4 is 5.73 Å². The molecule has 4 aliphatic carbocycles. The molecule has 2 N–H and O–H groups in total. The number of rotatable bonds is 2. The van der Waals surface area contributed by atoms with Crippen molar-refractivity contribution >= 4 is 0 Å². The van der Waals surface area contributed by atoms with Crippen molar-refractivity contribution in [3.8, 4) is 0 Å². The van der Waals surface area contributed by atoms with Crippen LogP contribution in [0.5, 0.6) is 0 Å². The first-order valence-electron chi connectivity index (χ1n) is 7.06. The van der Waals surface area contributed by atoms with Gasteiger partial charge in [-0.3, -0.25) is 0 Å². The zero-order valence-electron chi connectivity index (χ0n) is 10.3. The van der Waals surface area contributed by atoms with E-state index in [2.05, 4.69) is 6.07 Å². The highest BCUT2D eigenvalue weighted by Gasteiger charge is 2.52. The molecule has 4 fully saturated rings. The molecule has 1 aromatic rings. The smallest absolute Gasteiger partial charge is 0.121 e. The summed E-state index contributed by atoms with van der Waals surface area (Å²) in [7, 11) is 0. The van der Waals surface area contributed by atoms with Gasteiger partial charge in [0, 0.05) is 5.56 Å². The maximum absolute atomic E-state index is 5.82. The molecule has 1 aromatic heterocycles. The summed E-state index contributed by atoms with van der Waals surface area (Å²) >= 11 is 0. The van der Waals surface area contributed by atoms with Crippen LogP contribution in [0.1, 0.15) is 49.8 Å². The highest BCUT2D eigenvalue weighted by Crippen LogP contribution is 2.61. The molecule has 4 saturated carbocycles. The molecule has 0 unspecified atom stereocenters.